The van der Waals surface area contributed by atoms with Gasteiger partial charge < -0.3 is 10.2 Å². The third kappa shape index (κ3) is 2.84. The van der Waals surface area contributed by atoms with E-state index >= 15 is 0 Å². The zero-order valence-corrected chi connectivity index (χ0v) is 13.2. The lowest BCUT2D eigenvalue weighted by atomic mass is 9.80. The van der Waals surface area contributed by atoms with E-state index in [1.54, 1.807) is 4.90 Å². The quantitative estimate of drug-likeness (QED) is 0.923. The van der Waals surface area contributed by atoms with Crippen LogP contribution in [0.15, 0.2) is 18.2 Å². The molecule has 1 fully saturated rings. The van der Waals surface area contributed by atoms with E-state index in [9.17, 15) is 4.79 Å². The number of amides is 1. The first-order valence-electron chi connectivity index (χ1n) is 8.27. The summed E-state index contributed by atoms with van der Waals surface area (Å²) in [5.74, 6) is 0.984. The van der Waals surface area contributed by atoms with Crippen molar-refractivity contribution in [3.05, 3.63) is 29.3 Å². The number of hydrogen-bond acceptors (Lipinski definition) is 2. The van der Waals surface area contributed by atoms with Gasteiger partial charge in [-0.15, -0.1) is 0 Å². The van der Waals surface area contributed by atoms with E-state index in [0.717, 1.165) is 18.0 Å². The van der Waals surface area contributed by atoms with E-state index in [2.05, 4.69) is 30.6 Å². The third-order valence-electron chi connectivity index (χ3n) is 5.24. The monoisotopic (exact) mass is 286 g/mol. The molecule has 1 aromatic rings. The molecule has 0 bridgehead atoms. The Hall–Kier alpha value is -1.35. The van der Waals surface area contributed by atoms with Gasteiger partial charge in [-0.2, -0.15) is 0 Å². The Morgan fingerprint density at radius 3 is 2.67 bits per heavy atom. The highest BCUT2D eigenvalue weighted by atomic mass is 16.2. The van der Waals surface area contributed by atoms with Gasteiger partial charge in [-0.05, 0) is 49.4 Å². The molecule has 1 heterocycles. The summed E-state index contributed by atoms with van der Waals surface area (Å²) in [5.41, 5.74) is 3.81. The van der Waals surface area contributed by atoms with Crippen molar-refractivity contribution < 1.29 is 4.79 Å². The van der Waals surface area contributed by atoms with Crippen LogP contribution < -0.4 is 10.2 Å². The van der Waals surface area contributed by atoms with E-state index in [-0.39, 0.29) is 5.91 Å². The molecule has 1 saturated carbocycles. The number of rotatable bonds is 3. The van der Waals surface area contributed by atoms with Gasteiger partial charge in [-0.25, -0.2) is 0 Å². The predicted octanol–water partition coefficient (Wildman–Crippen LogP) is 3.44. The van der Waals surface area contributed by atoms with E-state index in [4.69, 9.17) is 0 Å². The topological polar surface area (TPSA) is 32.3 Å². The van der Waals surface area contributed by atoms with Gasteiger partial charge in [0.15, 0.2) is 0 Å². The highest BCUT2D eigenvalue weighted by Crippen LogP contribution is 2.36. The summed E-state index contributed by atoms with van der Waals surface area (Å²) in [7, 11) is 3.96. The average Bonchev–Trinajstić information content (AvgIpc) is 2.53. The van der Waals surface area contributed by atoms with Crippen molar-refractivity contribution in [3.63, 3.8) is 0 Å². The highest BCUT2D eigenvalue weighted by molar-refractivity contribution is 5.95. The van der Waals surface area contributed by atoms with Crippen LogP contribution in [0.2, 0.25) is 0 Å². The Morgan fingerprint density at radius 2 is 1.95 bits per heavy atom. The fourth-order valence-corrected chi connectivity index (χ4v) is 4.01. The summed E-state index contributed by atoms with van der Waals surface area (Å²) in [4.78, 5) is 13.6. The number of anilines is 1. The van der Waals surface area contributed by atoms with Gasteiger partial charge in [-0.1, -0.05) is 31.4 Å². The summed E-state index contributed by atoms with van der Waals surface area (Å²) in [6.45, 7) is 0. The maximum Gasteiger partial charge on any atom is 0.227 e. The molecule has 3 nitrogen and oxygen atoms in total. The SMILES string of the molecule is CNC(c1ccc2c(c1)CCC(=O)N2C)C1CCCCC1. The van der Waals surface area contributed by atoms with Gasteiger partial charge >= 0.3 is 0 Å². The van der Waals surface area contributed by atoms with Gasteiger partial charge in [0, 0.05) is 25.2 Å². The van der Waals surface area contributed by atoms with Crippen LogP contribution in [0.5, 0.6) is 0 Å². The molecule has 2 aliphatic rings. The summed E-state index contributed by atoms with van der Waals surface area (Å²) >= 11 is 0. The first kappa shape index (κ1) is 14.6. The number of benzene rings is 1. The minimum Gasteiger partial charge on any atom is -0.315 e. The maximum atomic E-state index is 11.8. The van der Waals surface area contributed by atoms with Gasteiger partial charge in [-0.3, -0.25) is 4.79 Å². The molecule has 1 atom stereocenters. The van der Waals surface area contributed by atoms with E-state index in [1.165, 1.54) is 43.2 Å². The second-order valence-corrected chi connectivity index (χ2v) is 6.51. The van der Waals surface area contributed by atoms with Crippen molar-refractivity contribution in [3.8, 4) is 0 Å². The molecule has 1 amide bonds. The van der Waals surface area contributed by atoms with E-state index < -0.39 is 0 Å². The standard InChI is InChI=1S/C18H26N2O/c1-19-18(13-6-4-3-5-7-13)15-8-10-16-14(12-15)9-11-17(21)20(16)2/h8,10,12-13,18-19H,3-7,9,11H2,1-2H3. The molecule has 1 N–H and O–H groups in total. The number of aryl methyl sites for hydroxylation is 1. The van der Waals surface area contributed by atoms with Crippen molar-refractivity contribution >= 4 is 11.6 Å². The van der Waals surface area contributed by atoms with Crippen LogP contribution in [0.25, 0.3) is 0 Å². The first-order valence-corrected chi connectivity index (χ1v) is 8.27. The Bertz CT molecular complexity index is 520. The molecule has 0 radical (unpaired) electrons. The van der Waals surface area contributed by atoms with Gasteiger partial charge in [0.2, 0.25) is 5.91 Å². The fraction of sp³-hybridized carbons (Fsp3) is 0.611. The van der Waals surface area contributed by atoms with Crippen molar-refractivity contribution in [1.82, 2.24) is 5.32 Å². The van der Waals surface area contributed by atoms with Crippen LogP contribution in [0.4, 0.5) is 5.69 Å². The summed E-state index contributed by atoms with van der Waals surface area (Å²) in [6, 6.07) is 7.13. The van der Waals surface area contributed by atoms with Crippen LogP contribution in [-0.2, 0) is 11.2 Å². The predicted molar refractivity (Wildman–Crippen MR) is 86.5 cm³/mol. The number of carbonyl (C=O) groups excluding carboxylic acids is 1. The molecule has 0 saturated heterocycles. The van der Waals surface area contributed by atoms with Crippen LogP contribution in [0.1, 0.15) is 55.7 Å². The maximum absolute atomic E-state index is 11.8. The van der Waals surface area contributed by atoms with Gasteiger partial charge in [0.1, 0.15) is 0 Å². The molecule has 1 aliphatic carbocycles. The highest BCUT2D eigenvalue weighted by Gasteiger charge is 2.26. The molecular formula is C18H26N2O. The Labute approximate surface area is 127 Å². The Balaban J connectivity index is 1.86. The summed E-state index contributed by atoms with van der Waals surface area (Å²) < 4.78 is 0. The lowest BCUT2D eigenvalue weighted by Crippen LogP contribution is -2.32. The van der Waals surface area contributed by atoms with E-state index in [0.29, 0.717) is 12.5 Å². The lowest BCUT2D eigenvalue weighted by Gasteiger charge is -2.32. The Morgan fingerprint density at radius 1 is 1.19 bits per heavy atom. The number of nitrogens with one attached hydrogen (secondary N) is 1. The molecule has 3 heteroatoms. The number of hydrogen-bond donors (Lipinski definition) is 1. The second-order valence-electron chi connectivity index (χ2n) is 6.51. The summed E-state index contributed by atoms with van der Waals surface area (Å²) in [6.07, 6.45) is 8.32. The molecule has 3 rings (SSSR count). The largest absolute Gasteiger partial charge is 0.315 e. The van der Waals surface area contributed by atoms with Gasteiger partial charge in [0.25, 0.3) is 0 Å². The zero-order valence-electron chi connectivity index (χ0n) is 13.2. The Kier molecular flexibility index (Phi) is 4.29. The fourth-order valence-electron chi connectivity index (χ4n) is 4.01. The minimum atomic E-state index is 0.229. The molecule has 1 aliphatic heterocycles. The molecule has 0 spiro atoms. The van der Waals surface area contributed by atoms with Crippen LogP contribution in [-0.4, -0.2) is 20.0 Å². The van der Waals surface area contributed by atoms with Crippen LogP contribution in [0.3, 0.4) is 0 Å². The third-order valence-corrected chi connectivity index (χ3v) is 5.24. The van der Waals surface area contributed by atoms with E-state index in [1.807, 2.05) is 7.05 Å². The van der Waals surface area contributed by atoms with Gasteiger partial charge in [0.05, 0.1) is 0 Å². The van der Waals surface area contributed by atoms with Crippen molar-refractivity contribution in [1.29, 1.82) is 0 Å². The molecule has 1 unspecified atom stereocenters. The molecule has 0 aromatic heterocycles. The number of nitrogens with zero attached hydrogens (tertiary/aromatic N) is 1. The smallest absolute Gasteiger partial charge is 0.227 e. The summed E-state index contributed by atoms with van der Waals surface area (Å²) in [5, 5.41) is 3.53. The van der Waals surface area contributed by atoms with Crippen molar-refractivity contribution in [2.75, 3.05) is 19.0 Å². The number of fused-ring (bicyclic) bond motifs is 1. The molecule has 1 aromatic carbocycles. The van der Waals surface area contributed by atoms with Crippen molar-refractivity contribution in [2.24, 2.45) is 5.92 Å². The van der Waals surface area contributed by atoms with Crippen molar-refractivity contribution in [2.45, 2.75) is 51.0 Å². The average molecular weight is 286 g/mol. The minimum absolute atomic E-state index is 0.229. The second kappa shape index (κ2) is 6.18. The van der Waals surface area contributed by atoms with Crippen LogP contribution in [0, 0.1) is 5.92 Å². The first-order chi connectivity index (χ1) is 10.2. The van der Waals surface area contributed by atoms with Crippen LogP contribution >= 0.6 is 0 Å². The molecule has 21 heavy (non-hydrogen) atoms. The number of carbonyl (C=O) groups is 1. The molecular weight excluding hydrogens is 260 g/mol. The zero-order chi connectivity index (χ0) is 14.8. The lowest BCUT2D eigenvalue weighted by molar-refractivity contribution is -0.118. The normalized spacial score (nSPS) is 21.2. The molecule has 114 valence electrons.